The van der Waals surface area contributed by atoms with Crippen LogP contribution in [-0.2, 0) is 11.3 Å². The maximum atomic E-state index is 13.0. The molecule has 0 bridgehead atoms. The number of hydrogen-bond acceptors (Lipinski definition) is 5. The molecule has 168 valence electrons. The van der Waals surface area contributed by atoms with Crippen LogP contribution < -0.4 is 16.3 Å². The third-order valence-corrected chi connectivity index (χ3v) is 7.12. The molecule has 0 spiro atoms. The van der Waals surface area contributed by atoms with Crippen molar-refractivity contribution in [1.29, 1.82) is 0 Å². The van der Waals surface area contributed by atoms with Gasteiger partial charge in [0, 0.05) is 25.4 Å². The van der Waals surface area contributed by atoms with E-state index in [1.807, 2.05) is 0 Å². The quantitative estimate of drug-likeness (QED) is 0.507. The van der Waals surface area contributed by atoms with Gasteiger partial charge in [-0.15, -0.1) is 23.4 Å². The molecular formula is C17H20ClF5N4O2S. The number of hydrazine groups is 1. The maximum absolute atomic E-state index is 13.0. The second kappa shape index (κ2) is 9.01. The third-order valence-electron chi connectivity index (χ3n) is 4.91. The molecule has 0 saturated carbocycles. The van der Waals surface area contributed by atoms with Crippen LogP contribution in [0.15, 0.2) is 17.1 Å². The number of hydrogen-bond donors (Lipinski definition) is 2. The Morgan fingerprint density at radius 1 is 1.43 bits per heavy atom. The first-order valence-corrected chi connectivity index (χ1v) is 10.5. The van der Waals surface area contributed by atoms with E-state index in [2.05, 4.69) is 10.7 Å². The molecule has 13 heteroatoms. The Morgan fingerprint density at radius 3 is 2.67 bits per heavy atom. The Hall–Kier alpha value is -1.37. The van der Waals surface area contributed by atoms with E-state index in [4.69, 9.17) is 11.6 Å². The SMILES string of the molecule is CN1CCC(c2cc(NC(=O)C3CC(Cl)C(C(F)(F)F)S3)cn(CC(F)F)c2=O)N1. The van der Waals surface area contributed by atoms with Crippen LogP contribution in [0.4, 0.5) is 27.6 Å². The summed E-state index contributed by atoms with van der Waals surface area (Å²) in [5, 5.41) is 0.0555. The van der Waals surface area contributed by atoms with E-state index in [1.165, 1.54) is 6.07 Å². The number of halogens is 6. The largest absolute Gasteiger partial charge is 0.402 e. The lowest BCUT2D eigenvalue weighted by atomic mass is 10.1. The number of anilines is 1. The molecule has 6 nitrogen and oxygen atoms in total. The molecule has 1 aromatic rings. The average Bonchev–Trinajstić information content (AvgIpc) is 3.22. The molecule has 30 heavy (non-hydrogen) atoms. The fourth-order valence-corrected chi connectivity index (χ4v) is 5.42. The van der Waals surface area contributed by atoms with E-state index >= 15 is 0 Å². The summed E-state index contributed by atoms with van der Waals surface area (Å²) < 4.78 is 65.6. The highest BCUT2D eigenvalue weighted by Gasteiger charge is 2.52. The van der Waals surface area contributed by atoms with Crippen molar-refractivity contribution < 1.29 is 26.7 Å². The first-order chi connectivity index (χ1) is 14.0. The number of pyridine rings is 1. The molecule has 0 aliphatic carbocycles. The highest BCUT2D eigenvalue weighted by molar-refractivity contribution is 8.01. The van der Waals surface area contributed by atoms with Crippen molar-refractivity contribution >= 4 is 35.0 Å². The number of nitrogens with one attached hydrogen (secondary N) is 2. The van der Waals surface area contributed by atoms with Crippen LogP contribution in [0, 0.1) is 0 Å². The normalized spacial score (nSPS) is 27.7. The number of amides is 1. The van der Waals surface area contributed by atoms with Crippen molar-refractivity contribution in [3.05, 3.63) is 28.2 Å². The summed E-state index contributed by atoms with van der Waals surface area (Å²) in [7, 11) is 1.76. The fourth-order valence-electron chi connectivity index (χ4n) is 3.52. The van der Waals surface area contributed by atoms with Gasteiger partial charge in [0.15, 0.2) is 0 Å². The molecule has 0 aromatic carbocycles. The highest BCUT2D eigenvalue weighted by atomic mass is 35.5. The van der Waals surface area contributed by atoms with Gasteiger partial charge in [0.1, 0.15) is 5.25 Å². The summed E-state index contributed by atoms with van der Waals surface area (Å²) in [5.74, 6) is -0.720. The molecular weight excluding hydrogens is 455 g/mol. The Kier molecular flexibility index (Phi) is 7.00. The van der Waals surface area contributed by atoms with Crippen LogP contribution in [0.25, 0.3) is 0 Å². The number of aromatic nitrogens is 1. The Morgan fingerprint density at radius 2 is 2.13 bits per heavy atom. The van der Waals surface area contributed by atoms with E-state index in [9.17, 15) is 31.5 Å². The van der Waals surface area contributed by atoms with E-state index in [1.54, 1.807) is 12.1 Å². The highest BCUT2D eigenvalue weighted by Crippen LogP contribution is 2.45. The maximum Gasteiger partial charge on any atom is 0.402 e. The molecule has 2 saturated heterocycles. The smallest absolute Gasteiger partial charge is 0.324 e. The van der Waals surface area contributed by atoms with Gasteiger partial charge >= 0.3 is 6.18 Å². The van der Waals surface area contributed by atoms with Crippen molar-refractivity contribution in [2.45, 2.75) is 53.9 Å². The van der Waals surface area contributed by atoms with Crippen LogP contribution in [0.1, 0.15) is 24.4 Å². The molecule has 2 aliphatic rings. The van der Waals surface area contributed by atoms with E-state index in [0.29, 0.717) is 24.7 Å². The summed E-state index contributed by atoms with van der Waals surface area (Å²) in [6, 6.07) is 0.948. The van der Waals surface area contributed by atoms with Gasteiger partial charge in [0.05, 0.1) is 28.9 Å². The van der Waals surface area contributed by atoms with Crippen LogP contribution >= 0.6 is 23.4 Å². The van der Waals surface area contributed by atoms with Gasteiger partial charge < -0.3 is 9.88 Å². The lowest BCUT2D eigenvalue weighted by Crippen LogP contribution is -2.34. The van der Waals surface area contributed by atoms with Gasteiger partial charge in [-0.25, -0.2) is 19.2 Å². The number of carbonyl (C=O) groups excluding carboxylic acids is 1. The van der Waals surface area contributed by atoms with Gasteiger partial charge in [-0.05, 0) is 18.9 Å². The number of thioether (sulfide) groups is 1. The Bertz CT molecular complexity index is 852. The number of rotatable bonds is 5. The topological polar surface area (TPSA) is 66.4 Å². The van der Waals surface area contributed by atoms with Crippen LogP contribution in [-0.4, -0.2) is 57.6 Å². The van der Waals surface area contributed by atoms with Crippen molar-refractivity contribution in [2.24, 2.45) is 0 Å². The average molecular weight is 475 g/mol. The number of carbonyl (C=O) groups is 1. The van der Waals surface area contributed by atoms with Crippen LogP contribution in [0.2, 0.25) is 0 Å². The van der Waals surface area contributed by atoms with E-state index in [-0.39, 0.29) is 17.7 Å². The molecule has 3 rings (SSSR count). The second-order valence-corrected chi connectivity index (χ2v) is 9.16. The van der Waals surface area contributed by atoms with Gasteiger partial charge in [-0.2, -0.15) is 13.2 Å². The minimum absolute atomic E-state index is 0.0637. The molecule has 3 heterocycles. The molecule has 4 atom stereocenters. The van der Waals surface area contributed by atoms with Crippen molar-refractivity contribution in [3.8, 4) is 0 Å². The summed E-state index contributed by atoms with van der Waals surface area (Å²) in [4.78, 5) is 25.1. The van der Waals surface area contributed by atoms with Gasteiger partial charge in [-0.1, -0.05) is 0 Å². The summed E-state index contributed by atoms with van der Waals surface area (Å²) in [5.41, 5.74) is 2.67. The summed E-state index contributed by atoms with van der Waals surface area (Å²) in [6.07, 6.45) is -5.88. The molecule has 2 aliphatic heterocycles. The minimum atomic E-state index is -4.54. The van der Waals surface area contributed by atoms with Crippen LogP contribution in [0.5, 0.6) is 0 Å². The predicted molar refractivity (Wildman–Crippen MR) is 104 cm³/mol. The molecule has 2 fully saturated rings. The van der Waals surface area contributed by atoms with Gasteiger partial charge in [-0.3, -0.25) is 9.59 Å². The van der Waals surface area contributed by atoms with Crippen molar-refractivity contribution in [2.75, 3.05) is 18.9 Å². The van der Waals surface area contributed by atoms with Gasteiger partial charge in [0.2, 0.25) is 5.91 Å². The summed E-state index contributed by atoms with van der Waals surface area (Å²) >= 11 is 6.19. The first kappa shape index (κ1) is 23.3. The summed E-state index contributed by atoms with van der Waals surface area (Å²) in [6.45, 7) is -0.236. The second-order valence-electron chi connectivity index (χ2n) is 7.25. The van der Waals surface area contributed by atoms with Gasteiger partial charge in [0.25, 0.3) is 12.0 Å². The molecule has 1 amide bonds. The zero-order chi connectivity index (χ0) is 22.2. The number of alkyl halides is 6. The zero-order valence-corrected chi connectivity index (χ0v) is 17.3. The fraction of sp³-hybridized carbons (Fsp3) is 0.647. The number of nitrogens with zero attached hydrogens (tertiary/aromatic N) is 2. The van der Waals surface area contributed by atoms with Crippen molar-refractivity contribution in [3.63, 3.8) is 0 Å². The molecule has 0 radical (unpaired) electrons. The zero-order valence-electron chi connectivity index (χ0n) is 15.8. The Labute approximate surface area is 178 Å². The third kappa shape index (κ3) is 5.27. The minimum Gasteiger partial charge on any atom is -0.324 e. The lowest BCUT2D eigenvalue weighted by Gasteiger charge is -2.18. The molecule has 1 aromatic heterocycles. The Balaban J connectivity index is 1.83. The van der Waals surface area contributed by atoms with E-state index in [0.717, 1.165) is 10.8 Å². The monoisotopic (exact) mass is 474 g/mol. The molecule has 4 unspecified atom stereocenters. The predicted octanol–water partition coefficient (Wildman–Crippen LogP) is 2.98. The van der Waals surface area contributed by atoms with E-state index < -0.39 is 52.5 Å². The first-order valence-electron chi connectivity index (χ1n) is 9.12. The van der Waals surface area contributed by atoms with Crippen molar-refractivity contribution in [1.82, 2.24) is 15.0 Å². The van der Waals surface area contributed by atoms with Crippen LogP contribution in [0.3, 0.4) is 0 Å². The lowest BCUT2D eigenvalue weighted by molar-refractivity contribution is -0.128. The molecule has 2 N–H and O–H groups in total. The standard InChI is InChI=1S/C17H20ClF5N4O2S/c1-26-3-2-11(25-26)9-4-8(6-27(16(9)29)7-13(19)20)24-15(28)12-5-10(18)14(30-12)17(21,22)23/h4,6,10-14,25H,2-3,5,7H2,1H3,(H,24,28).